The molecule has 6 heteroatoms. The van der Waals surface area contributed by atoms with Gasteiger partial charge in [0.1, 0.15) is 13.2 Å². The van der Waals surface area contributed by atoms with Crippen LogP contribution >= 0.6 is 0 Å². The van der Waals surface area contributed by atoms with E-state index in [1.807, 2.05) is 6.08 Å². The molecule has 70 heavy (non-hydrogen) atoms. The fourth-order valence-corrected chi connectivity index (χ4v) is 7.48. The van der Waals surface area contributed by atoms with Crippen molar-refractivity contribution in [2.24, 2.45) is 0 Å². The summed E-state index contributed by atoms with van der Waals surface area (Å²) in [5.41, 5.74) is 0. The Hall–Kier alpha value is -4.19. The summed E-state index contributed by atoms with van der Waals surface area (Å²) in [6.07, 6.45) is 79.1. The van der Waals surface area contributed by atoms with E-state index in [9.17, 15) is 14.4 Å². The van der Waals surface area contributed by atoms with Crippen molar-refractivity contribution in [2.45, 2.75) is 252 Å². The lowest BCUT2D eigenvalue weighted by Gasteiger charge is -2.18. The van der Waals surface area contributed by atoms with Crippen molar-refractivity contribution in [3.05, 3.63) is 122 Å². The third kappa shape index (κ3) is 54.7. The van der Waals surface area contributed by atoms with Gasteiger partial charge in [0.25, 0.3) is 0 Å². The van der Waals surface area contributed by atoms with E-state index in [-0.39, 0.29) is 37.5 Å². The van der Waals surface area contributed by atoms with Crippen LogP contribution in [0.15, 0.2) is 122 Å². The molecule has 0 aromatic carbocycles. The summed E-state index contributed by atoms with van der Waals surface area (Å²) >= 11 is 0. The summed E-state index contributed by atoms with van der Waals surface area (Å²) in [4.78, 5) is 38.1. The van der Waals surface area contributed by atoms with E-state index in [4.69, 9.17) is 14.2 Å². The predicted octanol–water partition coefficient (Wildman–Crippen LogP) is 19.3. The Morgan fingerprint density at radius 1 is 0.300 bits per heavy atom. The zero-order chi connectivity index (χ0) is 50.7. The van der Waals surface area contributed by atoms with E-state index in [1.165, 1.54) is 89.9 Å². The molecule has 0 aliphatic carbocycles. The highest BCUT2D eigenvalue weighted by Crippen LogP contribution is 2.14. The molecule has 0 bridgehead atoms. The molecule has 1 unspecified atom stereocenters. The standard InChI is InChI=1S/C64H104O6/c1-4-7-10-13-16-19-22-25-28-31-32-34-36-39-42-45-48-51-54-57-63(66)69-60-61(59-68-62(65)56-53-50-47-44-41-38-35-30-27-24-21-18-15-12-9-6-3)70-64(67)58-55-52-49-46-43-40-37-33-29-26-23-20-17-14-11-8-5-2/h7,9-10,12,16-21,25-30,38,41,47,50,61H,4-6,8,11,13-15,22-24,31-37,39-40,42-46,48-49,51-60H2,1-3H3/b10-7-,12-9-,19-16-,20-17-,21-18-,28-25-,29-26-,30-27-,41-38-,50-47-. The first-order chi connectivity index (χ1) is 34.5. The number of rotatable bonds is 50. The third-order valence-electron chi connectivity index (χ3n) is 11.7. The molecule has 0 N–H and O–H groups in total. The van der Waals surface area contributed by atoms with Crippen molar-refractivity contribution in [1.82, 2.24) is 0 Å². The minimum Gasteiger partial charge on any atom is -0.462 e. The summed E-state index contributed by atoms with van der Waals surface area (Å²) in [5, 5.41) is 0. The van der Waals surface area contributed by atoms with Gasteiger partial charge >= 0.3 is 17.9 Å². The Balaban J connectivity index is 4.50. The molecule has 0 aromatic rings. The zero-order valence-corrected chi connectivity index (χ0v) is 45.2. The van der Waals surface area contributed by atoms with Crippen LogP contribution in [0.2, 0.25) is 0 Å². The maximum absolute atomic E-state index is 12.9. The Morgan fingerprint density at radius 3 is 0.957 bits per heavy atom. The van der Waals surface area contributed by atoms with Gasteiger partial charge in [0, 0.05) is 19.3 Å². The van der Waals surface area contributed by atoms with Gasteiger partial charge in [-0.2, -0.15) is 0 Å². The monoisotopic (exact) mass is 969 g/mol. The van der Waals surface area contributed by atoms with Crippen molar-refractivity contribution < 1.29 is 28.6 Å². The molecule has 0 aliphatic rings. The minimum atomic E-state index is -0.818. The molecule has 0 saturated carbocycles. The van der Waals surface area contributed by atoms with Gasteiger partial charge in [0.05, 0.1) is 0 Å². The van der Waals surface area contributed by atoms with Gasteiger partial charge in [-0.15, -0.1) is 0 Å². The average molecular weight is 970 g/mol. The molecule has 0 rings (SSSR count). The van der Waals surface area contributed by atoms with Crippen LogP contribution in [0.4, 0.5) is 0 Å². The van der Waals surface area contributed by atoms with E-state index in [2.05, 4.69) is 136 Å². The van der Waals surface area contributed by atoms with E-state index < -0.39 is 6.10 Å². The van der Waals surface area contributed by atoms with E-state index in [0.717, 1.165) is 109 Å². The van der Waals surface area contributed by atoms with Crippen molar-refractivity contribution in [1.29, 1.82) is 0 Å². The molecule has 0 aromatic heterocycles. The van der Waals surface area contributed by atoms with Gasteiger partial charge in [0.15, 0.2) is 6.10 Å². The molecule has 0 spiro atoms. The Morgan fingerprint density at radius 2 is 0.586 bits per heavy atom. The predicted molar refractivity (Wildman–Crippen MR) is 302 cm³/mol. The molecule has 0 heterocycles. The quantitative estimate of drug-likeness (QED) is 0.0262. The fraction of sp³-hybridized carbons (Fsp3) is 0.641. The topological polar surface area (TPSA) is 78.9 Å². The normalized spacial score (nSPS) is 13.0. The second-order valence-corrected chi connectivity index (χ2v) is 18.4. The second kappa shape index (κ2) is 57.4. The van der Waals surface area contributed by atoms with Crippen molar-refractivity contribution >= 4 is 17.9 Å². The first-order valence-corrected chi connectivity index (χ1v) is 28.5. The van der Waals surface area contributed by atoms with Crippen molar-refractivity contribution in [3.8, 4) is 0 Å². The van der Waals surface area contributed by atoms with Gasteiger partial charge in [-0.25, -0.2) is 0 Å². The molecule has 0 radical (unpaired) electrons. The van der Waals surface area contributed by atoms with Crippen LogP contribution in [-0.2, 0) is 28.6 Å². The first-order valence-electron chi connectivity index (χ1n) is 28.5. The molecule has 396 valence electrons. The van der Waals surface area contributed by atoms with Crippen LogP contribution in [0.25, 0.3) is 0 Å². The lowest BCUT2D eigenvalue weighted by atomic mass is 10.1. The van der Waals surface area contributed by atoms with E-state index in [0.29, 0.717) is 19.3 Å². The van der Waals surface area contributed by atoms with Gasteiger partial charge in [-0.3, -0.25) is 14.4 Å². The number of esters is 3. The zero-order valence-electron chi connectivity index (χ0n) is 45.2. The number of carbonyl (C=O) groups excluding carboxylic acids is 3. The lowest BCUT2D eigenvalue weighted by molar-refractivity contribution is -0.166. The van der Waals surface area contributed by atoms with Crippen LogP contribution < -0.4 is 0 Å². The van der Waals surface area contributed by atoms with Crippen LogP contribution in [0.3, 0.4) is 0 Å². The van der Waals surface area contributed by atoms with Gasteiger partial charge in [-0.1, -0.05) is 232 Å². The number of carbonyl (C=O) groups is 3. The Kier molecular flexibility index (Phi) is 54.0. The highest BCUT2D eigenvalue weighted by atomic mass is 16.6. The highest BCUT2D eigenvalue weighted by molar-refractivity contribution is 5.71. The molecule has 0 saturated heterocycles. The van der Waals surface area contributed by atoms with Crippen LogP contribution in [0.1, 0.15) is 245 Å². The van der Waals surface area contributed by atoms with E-state index >= 15 is 0 Å². The number of hydrogen-bond acceptors (Lipinski definition) is 6. The average Bonchev–Trinajstić information content (AvgIpc) is 3.36. The van der Waals surface area contributed by atoms with Crippen LogP contribution in [0.5, 0.6) is 0 Å². The van der Waals surface area contributed by atoms with Crippen LogP contribution in [0, 0.1) is 0 Å². The Bertz CT molecular complexity index is 1490. The molecule has 6 nitrogen and oxygen atoms in total. The Labute approximate surface area is 431 Å². The molecule has 1 atom stereocenters. The molecule has 0 amide bonds. The highest BCUT2D eigenvalue weighted by Gasteiger charge is 2.19. The smallest absolute Gasteiger partial charge is 0.306 e. The number of hydrogen-bond donors (Lipinski definition) is 0. The summed E-state index contributed by atoms with van der Waals surface area (Å²) in [6, 6.07) is 0. The number of unbranched alkanes of at least 4 members (excludes halogenated alkanes) is 19. The summed E-state index contributed by atoms with van der Waals surface area (Å²) in [5.74, 6) is -1.01. The number of ether oxygens (including phenoxy) is 3. The van der Waals surface area contributed by atoms with Crippen LogP contribution in [-0.4, -0.2) is 37.2 Å². The fourth-order valence-electron chi connectivity index (χ4n) is 7.48. The third-order valence-corrected chi connectivity index (χ3v) is 11.7. The molecule has 0 fully saturated rings. The summed E-state index contributed by atoms with van der Waals surface area (Å²) in [6.45, 7) is 6.31. The summed E-state index contributed by atoms with van der Waals surface area (Å²) < 4.78 is 16.8. The SMILES string of the molecule is CC/C=C\C/C=C\C/C=C\C/C=C\C/C=C\CCC(=O)OCC(COC(=O)CCCCCCCCCCC/C=C\C/C=C\C/C=C\CC)OC(=O)CCCCCCCCC/C=C\C/C=C\CCCCC. The number of allylic oxidation sites excluding steroid dienone is 20. The summed E-state index contributed by atoms with van der Waals surface area (Å²) in [7, 11) is 0. The van der Waals surface area contributed by atoms with E-state index in [1.54, 1.807) is 0 Å². The minimum absolute atomic E-state index is 0.110. The van der Waals surface area contributed by atoms with Gasteiger partial charge in [0.2, 0.25) is 0 Å². The van der Waals surface area contributed by atoms with Gasteiger partial charge < -0.3 is 14.2 Å². The second-order valence-electron chi connectivity index (χ2n) is 18.4. The first kappa shape index (κ1) is 65.8. The molecular formula is C64H104O6. The van der Waals surface area contributed by atoms with Crippen molar-refractivity contribution in [3.63, 3.8) is 0 Å². The van der Waals surface area contributed by atoms with Crippen molar-refractivity contribution in [2.75, 3.05) is 13.2 Å². The lowest BCUT2D eigenvalue weighted by Crippen LogP contribution is -2.30. The van der Waals surface area contributed by atoms with Gasteiger partial charge in [-0.05, 0) is 116 Å². The molecule has 0 aliphatic heterocycles. The maximum atomic E-state index is 12.9. The largest absolute Gasteiger partial charge is 0.462 e. The molecular weight excluding hydrogens is 865 g/mol. The maximum Gasteiger partial charge on any atom is 0.306 e.